The molecule has 4 heterocycles. The zero-order chi connectivity index (χ0) is 57.9. The number of hydrogen-bond donors (Lipinski definition) is 0. The first-order valence-corrected chi connectivity index (χ1v) is 38.6. The molecule has 0 atom stereocenters. The second-order valence-corrected chi connectivity index (χ2v) is 39.0. The molecule has 4 aromatic heterocycles. The molecular weight excluding hydrogens is 1280 g/mol. The minimum absolute atomic E-state index is 0. The first-order valence-electron chi connectivity index (χ1n) is 27.7. The molecule has 0 spiro atoms. The minimum atomic E-state index is -1.79. The molecule has 0 saturated carbocycles. The summed E-state index contributed by atoms with van der Waals surface area (Å²) in [5, 5.41) is 12.8. The molecule has 414 valence electrons. The number of nitriles is 1. The number of rotatable bonds is 10. The van der Waals surface area contributed by atoms with Crippen molar-refractivity contribution >= 4 is 63.9 Å². The molecule has 6 nitrogen and oxygen atoms in total. The molecule has 0 bridgehead atoms. The molecule has 0 aliphatic heterocycles. The molecule has 0 fully saturated rings. The van der Waals surface area contributed by atoms with Crippen LogP contribution in [0.1, 0.15) is 56.2 Å². The molecule has 12 rings (SSSR count). The molecule has 0 aliphatic rings. The SMILES string of the molecule is CC(C)c1cc(-c2ccc(-c3ccccc3)cc2)cc(C(C)C)c1-n1c(-c2[c-]ccc3c2oc2cc(C#N)ccc23)nc2ccccc21.C[Si](C)(C)c1ccc(-c2[c-]cc(F)cc2)nc1.[CH3][Ge]([CH3])([CH3])[c]1ccc(-c2[c-]cc(F)cc2)nc1.[Ir+3]. The summed E-state index contributed by atoms with van der Waals surface area (Å²) in [5.41, 5.74) is 16.5. The van der Waals surface area contributed by atoms with E-state index in [0.717, 1.165) is 61.4 Å². The van der Waals surface area contributed by atoms with Crippen molar-refractivity contribution in [3.63, 3.8) is 0 Å². The van der Waals surface area contributed by atoms with E-state index in [-0.39, 0.29) is 43.6 Å². The van der Waals surface area contributed by atoms with Crippen LogP contribution >= 0.6 is 0 Å². The van der Waals surface area contributed by atoms with Crippen molar-refractivity contribution < 1.29 is 33.3 Å². The fraction of sp³-hybridized carbons (Fsp3) is 0.167. The largest absolute Gasteiger partial charge is 3.00 e. The Morgan fingerprint density at radius 3 is 1.71 bits per heavy atom. The van der Waals surface area contributed by atoms with Gasteiger partial charge in [-0.1, -0.05) is 143 Å². The maximum absolute atomic E-state index is 12.8. The van der Waals surface area contributed by atoms with Gasteiger partial charge in [0.15, 0.2) is 0 Å². The number of pyridine rings is 2. The number of benzene rings is 8. The van der Waals surface area contributed by atoms with Crippen LogP contribution in [0.5, 0.6) is 0 Å². The number of imidazole rings is 1. The van der Waals surface area contributed by atoms with Crippen molar-refractivity contribution in [3.05, 3.63) is 241 Å². The summed E-state index contributed by atoms with van der Waals surface area (Å²) in [7, 11) is -1.30. The topological polar surface area (TPSA) is 80.5 Å². The van der Waals surface area contributed by atoms with E-state index in [4.69, 9.17) is 9.40 Å². The van der Waals surface area contributed by atoms with E-state index in [1.807, 2.05) is 54.9 Å². The van der Waals surface area contributed by atoms with Gasteiger partial charge >= 0.3 is 124 Å². The van der Waals surface area contributed by atoms with Crippen LogP contribution in [0.2, 0.25) is 36.9 Å². The molecule has 8 aromatic carbocycles. The standard InChI is InChI=1S/C44H34N3O.C14H15FGeN.C14H15FNSi.Ir/c1-27(2)37-24-33(32-20-18-31(19-21-32)30-11-6-5-7-12-30)25-38(28(3)4)42(37)47-40-16-9-8-15-39(40)46-44(47)36-14-10-13-35-34-22-17-29(26-45)23-41(34)48-43(35)36;1-16(2,3)13-8-9-14(17-10-13)11-4-6-12(15)7-5-11;1-17(2,3)13-8-9-14(16-10-13)11-4-6-12(15)7-5-11;/h5-13,15-25,27-28H,1-4H3;2*4,6-10H,1-3H3;/q3*-1;+3. The minimum Gasteiger partial charge on any atom is 3.00 e. The summed E-state index contributed by atoms with van der Waals surface area (Å²) in [5.74, 6) is 7.73. The zero-order valence-corrected chi connectivity index (χ0v) is 53.9. The summed E-state index contributed by atoms with van der Waals surface area (Å²) in [6.07, 6.45) is 3.88. The third kappa shape index (κ3) is 13.3. The Morgan fingerprint density at radius 2 is 1.18 bits per heavy atom. The van der Waals surface area contributed by atoms with E-state index < -0.39 is 21.3 Å². The van der Waals surface area contributed by atoms with Crippen molar-refractivity contribution in [2.75, 3.05) is 0 Å². The number of furan rings is 1. The van der Waals surface area contributed by atoms with Crippen LogP contribution in [0.4, 0.5) is 8.78 Å². The summed E-state index contributed by atoms with van der Waals surface area (Å²) in [4.78, 5) is 14.1. The number of halogens is 2. The van der Waals surface area contributed by atoms with Crippen molar-refractivity contribution in [1.29, 1.82) is 5.26 Å². The molecule has 0 saturated heterocycles. The van der Waals surface area contributed by atoms with Gasteiger partial charge in [0.1, 0.15) is 5.58 Å². The molecule has 83 heavy (non-hydrogen) atoms. The predicted molar refractivity (Wildman–Crippen MR) is 339 cm³/mol. The third-order valence-corrected chi connectivity index (χ3v) is 21.0. The van der Waals surface area contributed by atoms with Crippen LogP contribution in [0.25, 0.3) is 94.8 Å². The number of aromatic nitrogens is 4. The second kappa shape index (κ2) is 25.3. The molecule has 12 aromatic rings. The van der Waals surface area contributed by atoms with E-state index in [2.05, 4.69) is 200 Å². The Hall–Kier alpha value is -7.91. The van der Waals surface area contributed by atoms with Crippen LogP contribution in [0, 0.1) is 41.2 Å². The Kier molecular flexibility index (Phi) is 18.2. The van der Waals surface area contributed by atoms with Crippen LogP contribution in [-0.2, 0) is 20.1 Å². The van der Waals surface area contributed by atoms with Gasteiger partial charge in [0.2, 0.25) is 0 Å². The fourth-order valence-corrected chi connectivity index (χ4v) is 13.2. The van der Waals surface area contributed by atoms with Gasteiger partial charge < -0.3 is 14.0 Å². The average molecular weight is 1350 g/mol. The number of fused-ring (bicyclic) bond motifs is 4. The van der Waals surface area contributed by atoms with Gasteiger partial charge in [-0.05, 0) is 92.5 Å². The van der Waals surface area contributed by atoms with Crippen molar-refractivity contribution in [1.82, 2.24) is 19.5 Å². The van der Waals surface area contributed by atoms with Gasteiger partial charge in [-0.15, -0.1) is 48.0 Å². The van der Waals surface area contributed by atoms with E-state index in [1.54, 1.807) is 18.2 Å². The Balaban J connectivity index is 0.000000193. The summed E-state index contributed by atoms with van der Waals surface area (Å²) in [6.45, 7) is 15.9. The molecule has 0 aliphatic carbocycles. The molecule has 0 amide bonds. The van der Waals surface area contributed by atoms with Crippen LogP contribution < -0.4 is 9.58 Å². The van der Waals surface area contributed by atoms with E-state index in [0.29, 0.717) is 16.7 Å². The summed E-state index contributed by atoms with van der Waals surface area (Å²) >= 11 is -1.79. The normalized spacial score (nSPS) is 11.5. The van der Waals surface area contributed by atoms with Crippen LogP contribution in [0.3, 0.4) is 0 Å². The van der Waals surface area contributed by atoms with Gasteiger partial charge in [0.25, 0.3) is 0 Å². The number of para-hydroxylation sites is 2. The molecule has 0 radical (unpaired) electrons. The smallest absolute Gasteiger partial charge is 3.00 e. The molecule has 0 N–H and O–H groups in total. The Bertz CT molecular complexity index is 4110. The van der Waals surface area contributed by atoms with E-state index in [9.17, 15) is 14.0 Å². The van der Waals surface area contributed by atoms with Crippen LogP contribution in [0.15, 0.2) is 199 Å². The number of hydrogen-bond acceptors (Lipinski definition) is 5. The fourth-order valence-electron chi connectivity index (χ4n) is 9.99. The maximum atomic E-state index is 12.8. The second-order valence-electron chi connectivity index (χ2n) is 23.2. The molecule has 11 heteroatoms. The maximum Gasteiger partial charge on any atom is 3.00 e. The van der Waals surface area contributed by atoms with Gasteiger partial charge in [-0.25, -0.2) is 0 Å². The van der Waals surface area contributed by atoms with E-state index >= 15 is 0 Å². The Morgan fingerprint density at radius 1 is 0.602 bits per heavy atom. The summed E-state index contributed by atoms with van der Waals surface area (Å²) < 4.78 is 35.8. The predicted octanol–water partition coefficient (Wildman–Crippen LogP) is 18.3. The first-order chi connectivity index (χ1) is 39.3. The van der Waals surface area contributed by atoms with Crippen molar-refractivity contribution in [2.24, 2.45) is 0 Å². The van der Waals surface area contributed by atoms with Gasteiger partial charge in [-0.2, -0.15) is 5.26 Å². The van der Waals surface area contributed by atoms with E-state index in [1.165, 1.54) is 67.2 Å². The average Bonchev–Trinajstić information content (AvgIpc) is 3.98. The third-order valence-electron chi connectivity index (χ3n) is 14.7. The van der Waals surface area contributed by atoms with Gasteiger partial charge in [0, 0.05) is 23.1 Å². The summed E-state index contributed by atoms with van der Waals surface area (Å²) in [6, 6.07) is 70.7. The first kappa shape index (κ1) is 59.7. The van der Waals surface area contributed by atoms with Crippen molar-refractivity contribution in [2.45, 2.75) is 76.4 Å². The van der Waals surface area contributed by atoms with Crippen molar-refractivity contribution in [3.8, 4) is 67.9 Å². The number of nitrogens with zero attached hydrogens (tertiary/aromatic N) is 5. The molecule has 0 unspecified atom stereocenters. The zero-order valence-electron chi connectivity index (χ0n) is 48.4. The van der Waals surface area contributed by atoms with Gasteiger partial charge in [0.05, 0.1) is 42.1 Å². The Labute approximate surface area is 503 Å². The monoisotopic (exact) mass is 1350 g/mol. The van der Waals surface area contributed by atoms with Crippen LogP contribution in [-0.4, -0.2) is 40.9 Å². The molecular formula is C72H64F2GeIrN5OSi. The quantitative estimate of drug-likeness (QED) is 0.101. The van der Waals surface area contributed by atoms with Gasteiger partial charge in [-0.3, -0.25) is 9.37 Å².